The highest BCUT2D eigenvalue weighted by Gasteiger charge is 2.54. The molecule has 1 atom stereocenters. The Morgan fingerprint density at radius 3 is 1.82 bits per heavy atom. The molecule has 2 saturated carbocycles. The number of amides is 3. The number of aromatic nitrogens is 3. The fourth-order valence-corrected chi connectivity index (χ4v) is 12.1. The first-order valence-electron chi connectivity index (χ1n) is 31.7. The number of carboxylic acid groups (broad SMARTS) is 1. The molecular weight excluding hydrogens is 1290 g/mol. The SMILES string of the molecule is CC(C)(C)c1cc(C(C)(C)C)c(NC(=O)c2c[nH]c3ccccc3c2=O)cc1O.CC(C)(CO)c1cc2cc(NC(=O)C3(c4ccc5c(c4)OC(F)(F)O5)CC3)c(F)cc2n1C[C@@H](O)CO.Cc1ccc(NC(=O)C2(c3ccc4c(c3)OC(F)(F)O4)CC2)nc1-c1cccc(C(=O)O)c1. The van der Waals surface area contributed by atoms with Crippen molar-refractivity contribution in [2.45, 2.75) is 140 Å². The lowest BCUT2D eigenvalue weighted by Gasteiger charge is -2.28. The van der Waals surface area contributed by atoms with Crippen LogP contribution in [0.5, 0.6) is 28.7 Å². The molecule has 2 aliphatic carbocycles. The number of fused-ring (bicyclic) bond motifs is 4. The number of rotatable bonds is 15. The van der Waals surface area contributed by atoms with E-state index in [1.54, 1.807) is 79.1 Å². The number of nitrogens with one attached hydrogen (secondary N) is 4. The van der Waals surface area contributed by atoms with Gasteiger partial charge < -0.3 is 70.0 Å². The van der Waals surface area contributed by atoms with Crippen molar-refractivity contribution in [2.75, 3.05) is 29.2 Å². The van der Waals surface area contributed by atoms with Crippen molar-refractivity contribution in [1.82, 2.24) is 14.5 Å². The van der Waals surface area contributed by atoms with Gasteiger partial charge in [0, 0.05) is 57.0 Å². The average Bonchev–Trinajstić information content (AvgIpc) is 1.61. The van der Waals surface area contributed by atoms with E-state index in [9.17, 15) is 67.1 Å². The summed E-state index contributed by atoms with van der Waals surface area (Å²) < 4.78 is 88.2. The maximum atomic E-state index is 15.2. The van der Waals surface area contributed by atoms with Gasteiger partial charge in [0.05, 0.1) is 59.2 Å². The molecule has 0 saturated heterocycles. The Kier molecular flexibility index (Phi) is 18.2. The first-order valence-corrected chi connectivity index (χ1v) is 31.7. The molecule has 25 heteroatoms. The van der Waals surface area contributed by atoms with Crippen LogP contribution in [-0.2, 0) is 43.2 Å². The number of H-pyrrole nitrogens is 1. The second kappa shape index (κ2) is 25.8. The lowest BCUT2D eigenvalue weighted by atomic mass is 9.79. The highest BCUT2D eigenvalue weighted by molar-refractivity contribution is 6.07. The number of anilines is 3. The van der Waals surface area contributed by atoms with Crippen molar-refractivity contribution in [2.24, 2.45) is 0 Å². The number of carbonyl (C=O) groups is 4. The summed E-state index contributed by atoms with van der Waals surface area (Å²) in [5, 5.41) is 58.4. The number of hydrogen-bond donors (Lipinski definition) is 9. The Bertz CT molecular complexity index is 4780. The lowest BCUT2D eigenvalue weighted by Crippen LogP contribution is -2.29. The smallest absolute Gasteiger partial charge is 0.508 e. The molecule has 5 heterocycles. The van der Waals surface area contributed by atoms with Crippen LogP contribution >= 0.6 is 0 Å². The summed E-state index contributed by atoms with van der Waals surface area (Å²) in [7, 11) is 0. The highest BCUT2D eigenvalue weighted by atomic mass is 19.3. The fraction of sp³-hybridized carbons (Fsp3) is 0.324. The molecule has 4 aliphatic rings. The predicted octanol–water partition coefficient (Wildman–Crippen LogP) is 13.2. The number of aromatic hydroxyl groups is 1. The number of aliphatic hydroxyl groups is 3. The van der Waals surface area contributed by atoms with Crippen LogP contribution in [0.2, 0.25) is 0 Å². The summed E-state index contributed by atoms with van der Waals surface area (Å²) in [6.07, 6.45) is -5.16. The molecule has 2 aliphatic heterocycles. The first kappa shape index (κ1) is 70.0. The minimum Gasteiger partial charge on any atom is -0.508 e. The molecule has 518 valence electrons. The van der Waals surface area contributed by atoms with Crippen LogP contribution in [0.1, 0.15) is 135 Å². The third kappa shape index (κ3) is 14.3. The van der Waals surface area contributed by atoms with Crippen LogP contribution < -0.4 is 40.3 Å². The van der Waals surface area contributed by atoms with Crippen molar-refractivity contribution < 1.29 is 85.6 Å². The Hall–Kier alpha value is -10.4. The zero-order chi connectivity index (χ0) is 71.7. The summed E-state index contributed by atoms with van der Waals surface area (Å²) in [4.78, 5) is 71.0. The molecule has 0 bridgehead atoms. The van der Waals surface area contributed by atoms with Crippen molar-refractivity contribution in [1.29, 1.82) is 0 Å². The number of hydrogen-bond acceptors (Lipinski definition) is 14. The first-order chi connectivity index (χ1) is 46.4. The number of phenols is 1. The maximum absolute atomic E-state index is 15.2. The number of halogens is 5. The topological polar surface area (TPSA) is 293 Å². The van der Waals surface area contributed by atoms with Crippen LogP contribution in [0.15, 0.2) is 138 Å². The predicted molar refractivity (Wildman–Crippen MR) is 359 cm³/mol. The fourth-order valence-electron chi connectivity index (χ4n) is 12.1. The molecule has 0 spiro atoms. The normalized spacial score (nSPS) is 16.0. The van der Waals surface area contributed by atoms with Gasteiger partial charge >= 0.3 is 18.6 Å². The minimum absolute atomic E-state index is 0.0177. The van der Waals surface area contributed by atoms with E-state index in [1.807, 2.05) is 60.6 Å². The molecule has 3 amide bonds. The molecule has 2 fully saturated rings. The molecule has 9 N–H and O–H groups in total. The number of carboxylic acids is 1. The third-order valence-corrected chi connectivity index (χ3v) is 18.0. The number of aliphatic hydroxyl groups excluding tert-OH is 3. The van der Waals surface area contributed by atoms with E-state index in [0.717, 1.165) is 16.7 Å². The van der Waals surface area contributed by atoms with Crippen LogP contribution in [-0.4, -0.2) is 95.7 Å². The number of aromatic carboxylic acids is 1. The van der Waals surface area contributed by atoms with E-state index in [0.29, 0.717) is 87.1 Å². The molecule has 0 radical (unpaired) electrons. The van der Waals surface area contributed by atoms with E-state index >= 15 is 4.39 Å². The molecule has 13 rings (SSSR count). The van der Waals surface area contributed by atoms with Crippen LogP contribution in [0.3, 0.4) is 0 Å². The molecule has 3 aromatic heterocycles. The van der Waals surface area contributed by atoms with Crippen LogP contribution in [0.25, 0.3) is 33.1 Å². The molecule has 0 unspecified atom stereocenters. The number of benzene rings is 6. The lowest BCUT2D eigenvalue weighted by molar-refractivity contribution is -0.287. The number of pyridine rings is 2. The van der Waals surface area contributed by atoms with Gasteiger partial charge in [-0.25, -0.2) is 14.2 Å². The quantitative estimate of drug-likeness (QED) is 0.0431. The largest absolute Gasteiger partial charge is 0.586 e. The second-order valence-corrected chi connectivity index (χ2v) is 27.8. The molecule has 99 heavy (non-hydrogen) atoms. The zero-order valence-corrected chi connectivity index (χ0v) is 55.4. The van der Waals surface area contributed by atoms with Gasteiger partial charge in [0.15, 0.2) is 23.0 Å². The number of ether oxygens (including phenoxy) is 4. The summed E-state index contributed by atoms with van der Waals surface area (Å²) in [5.41, 5.74) is 3.55. The standard InChI is InChI=1S/C26H27F3N2O6.C24H18F2N2O5.C24H28N2O3/c1-24(2,13-33)22-8-14-7-18(17(27)10-19(14)31(22)11-16(34)12-32)30-23(35)25(5-6-25)15-3-4-20-21(9-15)37-26(28,29)36-20;1-13-5-8-19(27-20(13)14-3-2-4-15(11-14)21(29)30)28-22(31)23(9-10-23)16-6-7-17-18(12-16)33-24(25,26)32-17;1-23(2,3)16-11-17(24(4,5)6)20(27)12-19(16)26-22(29)15-13-25-18-10-8-7-9-14(18)21(15)28/h3-4,7-10,16,32-34H,5-6,11-13H2,1-2H3,(H,30,35);2-8,11-12H,9-10H2,1H3,(H,29,30)(H,27,28,31);7-13,27H,1-6H3,(H,25,28)(H,26,29)/t16-;;/m1../s1. The maximum Gasteiger partial charge on any atom is 0.586 e. The average molecular weight is 1370 g/mol. The van der Waals surface area contributed by atoms with E-state index in [1.165, 1.54) is 60.8 Å². The van der Waals surface area contributed by atoms with Crippen molar-refractivity contribution in [3.8, 4) is 40.0 Å². The van der Waals surface area contributed by atoms with Gasteiger partial charge in [0.2, 0.25) is 17.2 Å². The summed E-state index contributed by atoms with van der Waals surface area (Å²) in [5.74, 6) is -3.11. The van der Waals surface area contributed by atoms with Crippen molar-refractivity contribution in [3.05, 3.63) is 194 Å². The van der Waals surface area contributed by atoms with Gasteiger partial charge in [-0.1, -0.05) is 97.9 Å². The van der Waals surface area contributed by atoms with Gasteiger partial charge in [-0.15, -0.1) is 17.6 Å². The van der Waals surface area contributed by atoms with Crippen molar-refractivity contribution in [3.63, 3.8) is 0 Å². The number of nitrogens with zero attached hydrogens (tertiary/aromatic N) is 2. The van der Waals surface area contributed by atoms with E-state index in [4.69, 9.17) is 0 Å². The summed E-state index contributed by atoms with van der Waals surface area (Å²) in [6.45, 7) is 16.9. The Morgan fingerprint density at radius 1 is 0.667 bits per heavy atom. The van der Waals surface area contributed by atoms with E-state index in [-0.39, 0.29) is 80.9 Å². The zero-order valence-electron chi connectivity index (χ0n) is 55.4. The van der Waals surface area contributed by atoms with Gasteiger partial charge in [0.25, 0.3) is 5.91 Å². The number of para-hydroxylation sites is 1. The Labute approximate surface area is 564 Å². The highest BCUT2D eigenvalue weighted by Crippen LogP contribution is 2.54. The monoisotopic (exact) mass is 1360 g/mol. The van der Waals surface area contributed by atoms with Gasteiger partial charge in [0.1, 0.15) is 22.9 Å². The molecule has 6 aromatic carbocycles. The van der Waals surface area contributed by atoms with E-state index < -0.39 is 65.1 Å². The van der Waals surface area contributed by atoms with Crippen molar-refractivity contribution >= 4 is 62.7 Å². The Balaban J connectivity index is 0.000000151. The van der Waals surface area contributed by atoms with E-state index in [2.05, 4.69) is 44.9 Å². The van der Waals surface area contributed by atoms with Gasteiger partial charge in [-0.3, -0.25) is 19.2 Å². The van der Waals surface area contributed by atoms with Crippen LogP contribution in [0.4, 0.5) is 39.1 Å². The summed E-state index contributed by atoms with van der Waals surface area (Å²) in [6, 6.07) is 33.4. The Morgan fingerprint density at radius 2 is 1.25 bits per heavy atom. The number of carbonyl (C=O) groups excluding carboxylic acids is 3. The molecule has 9 aromatic rings. The minimum atomic E-state index is -3.77. The number of aryl methyl sites for hydroxylation is 1. The molecular formula is C74H73F5N6O14. The van der Waals surface area contributed by atoms with Gasteiger partial charge in [-0.2, -0.15) is 0 Å². The van der Waals surface area contributed by atoms with Crippen LogP contribution in [0, 0.1) is 12.7 Å². The number of alkyl halides is 4. The summed E-state index contributed by atoms with van der Waals surface area (Å²) >= 11 is 0. The molecule has 20 nitrogen and oxygen atoms in total. The number of phenolic OH excluding ortho intramolecular Hbond substituents is 1. The van der Waals surface area contributed by atoms with Gasteiger partial charge in [-0.05, 0) is 144 Å². The second-order valence-electron chi connectivity index (χ2n) is 27.8. The number of aromatic amines is 1. The third-order valence-electron chi connectivity index (χ3n) is 18.0.